The monoisotopic (exact) mass is 155 g/mol. The fourth-order valence-corrected chi connectivity index (χ4v) is 1.53. The summed E-state index contributed by atoms with van der Waals surface area (Å²) < 4.78 is 0. The van der Waals surface area contributed by atoms with Crippen molar-refractivity contribution in [1.29, 1.82) is 0 Å². The van der Waals surface area contributed by atoms with Crippen molar-refractivity contribution in [3.8, 4) is 0 Å². The van der Waals surface area contributed by atoms with E-state index < -0.39 is 0 Å². The molecular formula is C8H13NO2. The number of nitrogens with one attached hydrogen (secondary N) is 1. The van der Waals surface area contributed by atoms with Crippen molar-refractivity contribution in [3.05, 3.63) is 0 Å². The molecule has 0 aliphatic carbocycles. The summed E-state index contributed by atoms with van der Waals surface area (Å²) in [5.74, 6) is 0.255. The molecule has 0 aromatic carbocycles. The van der Waals surface area contributed by atoms with E-state index in [1.807, 2.05) is 0 Å². The first-order chi connectivity index (χ1) is 5.27. The molecule has 0 bridgehead atoms. The molecule has 62 valence electrons. The summed E-state index contributed by atoms with van der Waals surface area (Å²) in [4.78, 5) is 21.3. The highest BCUT2D eigenvalue weighted by atomic mass is 16.2. The van der Waals surface area contributed by atoms with Crippen LogP contribution in [0.4, 0.5) is 0 Å². The summed E-state index contributed by atoms with van der Waals surface area (Å²) in [6.45, 7) is 2.06. The lowest BCUT2D eigenvalue weighted by Gasteiger charge is -2.10. The molecule has 0 saturated carbocycles. The van der Waals surface area contributed by atoms with Crippen LogP contribution in [0.2, 0.25) is 0 Å². The Morgan fingerprint density at radius 2 is 2.45 bits per heavy atom. The maximum Gasteiger partial charge on any atom is 0.220 e. The Morgan fingerprint density at radius 3 is 3.00 bits per heavy atom. The van der Waals surface area contributed by atoms with Crippen molar-refractivity contribution in [2.45, 2.75) is 32.2 Å². The third-order valence-electron chi connectivity index (χ3n) is 2.09. The molecule has 1 heterocycles. The van der Waals surface area contributed by atoms with E-state index in [-0.39, 0.29) is 17.9 Å². The Morgan fingerprint density at radius 1 is 1.73 bits per heavy atom. The van der Waals surface area contributed by atoms with Crippen molar-refractivity contribution < 1.29 is 9.59 Å². The molecule has 2 atom stereocenters. The highest BCUT2D eigenvalue weighted by Crippen LogP contribution is 2.20. The first-order valence-corrected chi connectivity index (χ1v) is 4.02. The third kappa shape index (κ3) is 1.79. The van der Waals surface area contributed by atoms with E-state index in [0.29, 0.717) is 6.42 Å². The van der Waals surface area contributed by atoms with Gasteiger partial charge in [0.2, 0.25) is 5.91 Å². The van der Waals surface area contributed by atoms with Crippen molar-refractivity contribution in [3.63, 3.8) is 0 Å². The number of amides is 1. The molecule has 1 aliphatic rings. The van der Waals surface area contributed by atoms with Crippen molar-refractivity contribution >= 4 is 12.2 Å². The average Bonchev–Trinajstić information content (AvgIpc) is 2.32. The van der Waals surface area contributed by atoms with Gasteiger partial charge in [0.15, 0.2) is 0 Å². The maximum absolute atomic E-state index is 10.8. The molecule has 0 radical (unpaired) electrons. The number of hydrogen-bond donors (Lipinski definition) is 1. The van der Waals surface area contributed by atoms with Crippen LogP contribution in [0.5, 0.6) is 0 Å². The maximum atomic E-state index is 10.8. The molecule has 1 rings (SSSR count). The standard InChI is InChI=1S/C8H13NO2/c1-2-3-6-4-8(11)9-7(6)5-10/h5-7H,2-4H2,1H3,(H,9,11)/t6-,7-/m1/s1. The van der Waals surface area contributed by atoms with Gasteiger partial charge in [0, 0.05) is 6.42 Å². The van der Waals surface area contributed by atoms with Crippen LogP contribution >= 0.6 is 0 Å². The summed E-state index contributed by atoms with van der Waals surface area (Å²) in [6.07, 6.45) is 3.36. The van der Waals surface area contributed by atoms with E-state index in [0.717, 1.165) is 19.1 Å². The fourth-order valence-electron chi connectivity index (χ4n) is 1.53. The molecule has 1 N–H and O–H groups in total. The molecule has 0 aromatic rings. The minimum Gasteiger partial charge on any atom is -0.346 e. The van der Waals surface area contributed by atoms with Crippen molar-refractivity contribution in [1.82, 2.24) is 5.32 Å². The van der Waals surface area contributed by atoms with Crippen LogP contribution in [0, 0.1) is 5.92 Å². The molecule has 0 unspecified atom stereocenters. The minimum absolute atomic E-state index is 0.0144. The average molecular weight is 155 g/mol. The van der Waals surface area contributed by atoms with E-state index in [9.17, 15) is 9.59 Å². The zero-order valence-corrected chi connectivity index (χ0v) is 6.67. The minimum atomic E-state index is -0.220. The van der Waals surface area contributed by atoms with Gasteiger partial charge in [0.05, 0.1) is 6.04 Å². The number of hydrogen-bond acceptors (Lipinski definition) is 2. The van der Waals surface area contributed by atoms with Gasteiger partial charge < -0.3 is 10.1 Å². The number of carbonyl (C=O) groups excluding carboxylic acids is 2. The molecule has 1 amide bonds. The van der Waals surface area contributed by atoms with E-state index in [4.69, 9.17) is 0 Å². The van der Waals surface area contributed by atoms with Crippen LogP contribution in [-0.2, 0) is 9.59 Å². The van der Waals surface area contributed by atoms with E-state index in [2.05, 4.69) is 12.2 Å². The van der Waals surface area contributed by atoms with Crippen molar-refractivity contribution in [2.75, 3.05) is 0 Å². The second-order valence-electron chi connectivity index (χ2n) is 2.98. The quantitative estimate of drug-likeness (QED) is 0.603. The van der Waals surface area contributed by atoms with Gasteiger partial charge >= 0.3 is 0 Å². The number of carbonyl (C=O) groups is 2. The predicted molar refractivity (Wildman–Crippen MR) is 41.0 cm³/mol. The van der Waals surface area contributed by atoms with Gasteiger partial charge in [-0.15, -0.1) is 0 Å². The zero-order valence-electron chi connectivity index (χ0n) is 6.67. The predicted octanol–water partition coefficient (Wildman–Crippen LogP) is 0.490. The summed E-state index contributed by atoms with van der Waals surface area (Å²) >= 11 is 0. The lowest BCUT2D eigenvalue weighted by molar-refractivity contribution is -0.120. The molecule has 3 heteroatoms. The van der Waals surface area contributed by atoms with Crippen LogP contribution in [0.15, 0.2) is 0 Å². The SMILES string of the molecule is CCC[C@@H]1CC(=O)N[C@@H]1C=O. The van der Waals surface area contributed by atoms with Gasteiger partial charge in [-0.3, -0.25) is 4.79 Å². The smallest absolute Gasteiger partial charge is 0.220 e. The normalized spacial score (nSPS) is 30.1. The molecule has 0 spiro atoms. The first-order valence-electron chi connectivity index (χ1n) is 4.02. The lowest BCUT2D eigenvalue weighted by Crippen LogP contribution is -2.30. The highest BCUT2D eigenvalue weighted by Gasteiger charge is 2.30. The third-order valence-corrected chi connectivity index (χ3v) is 2.09. The molecule has 0 aromatic heterocycles. The Labute approximate surface area is 66.2 Å². The van der Waals surface area contributed by atoms with Crippen LogP contribution in [0.1, 0.15) is 26.2 Å². The second kappa shape index (κ2) is 3.51. The topological polar surface area (TPSA) is 46.2 Å². The van der Waals surface area contributed by atoms with Crippen LogP contribution in [0.3, 0.4) is 0 Å². The summed E-state index contributed by atoms with van der Waals surface area (Å²) in [6, 6.07) is -0.220. The zero-order chi connectivity index (χ0) is 8.27. The van der Waals surface area contributed by atoms with Gasteiger partial charge in [-0.2, -0.15) is 0 Å². The molecule has 3 nitrogen and oxygen atoms in total. The van der Waals surface area contributed by atoms with Gasteiger partial charge in [-0.25, -0.2) is 0 Å². The van der Waals surface area contributed by atoms with Crippen molar-refractivity contribution in [2.24, 2.45) is 5.92 Å². The Balaban J connectivity index is 2.49. The fraction of sp³-hybridized carbons (Fsp3) is 0.750. The number of aldehydes is 1. The highest BCUT2D eigenvalue weighted by molar-refractivity contribution is 5.83. The Bertz CT molecular complexity index is 167. The first kappa shape index (κ1) is 8.24. The van der Waals surface area contributed by atoms with Crippen LogP contribution in [-0.4, -0.2) is 18.2 Å². The number of rotatable bonds is 3. The van der Waals surface area contributed by atoms with Gasteiger partial charge in [-0.1, -0.05) is 13.3 Å². The van der Waals surface area contributed by atoms with E-state index in [1.54, 1.807) is 0 Å². The van der Waals surface area contributed by atoms with Crippen LogP contribution in [0.25, 0.3) is 0 Å². The van der Waals surface area contributed by atoms with Crippen LogP contribution < -0.4 is 5.32 Å². The summed E-state index contributed by atoms with van der Waals surface area (Å²) in [5, 5.41) is 2.63. The van der Waals surface area contributed by atoms with Gasteiger partial charge in [0.25, 0.3) is 0 Å². The van der Waals surface area contributed by atoms with E-state index >= 15 is 0 Å². The largest absolute Gasteiger partial charge is 0.346 e. The summed E-state index contributed by atoms with van der Waals surface area (Å²) in [5.41, 5.74) is 0. The summed E-state index contributed by atoms with van der Waals surface area (Å²) in [7, 11) is 0. The Hall–Kier alpha value is -0.860. The molecule has 11 heavy (non-hydrogen) atoms. The molecule has 1 fully saturated rings. The van der Waals surface area contributed by atoms with E-state index in [1.165, 1.54) is 0 Å². The van der Waals surface area contributed by atoms with Gasteiger partial charge in [0.1, 0.15) is 6.29 Å². The Kier molecular flexibility index (Phi) is 2.63. The van der Waals surface area contributed by atoms with Gasteiger partial charge in [-0.05, 0) is 12.3 Å². The molecule has 1 aliphatic heterocycles. The molecule has 1 saturated heterocycles. The molecular weight excluding hydrogens is 142 g/mol. The second-order valence-corrected chi connectivity index (χ2v) is 2.98. The lowest BCUT2D eigenvalue weighted by atomic mass is 9.96.